The fourth-order valence-electron chi connectivity index (χ4n) is 3.16. The Kier molecular flexibility index (Phi) is 6.85. The number of carbonyl (C=O) groups excluding carboxylic acids is 2. The number of esters is 1. The molecule has 1 saturated heterocycles. The van der Waals surface area contributed by atoms with Crippen molar-refractivity contribution in [1.29, 1.82) is 0 Å². The van der Waals surface area contributed by atoms with Gasteiger partial charge in [0.1, 0.15) is 5.75 Å². The number of rotatable bonds is 7. The average molecular weight is 367 g/mol. The minimum Gasteiger partial charge on any atom is -0.482 e. The summed E-state index contributed by atoms with van der Waals surface area (Å²) >= 11 is 0. The van der Waals surface area contributed by atoms with Crippen molar-refractivity contribution in [2.45, 2.75) is 25.7 Å². The van der Waals surface area contributed by atoms with Crippen LogP contribution in [0.4, 0.5) is 0 Å². The first-order chi connectivity index (χ1) is 13.2. The molecule has 0 N–H and O–H groups in total. The molecule has 2 aromatic rings. The van der Waals surface area contributed by atoms with Crippen LogP contribution in [0.5, 0.6) is 5.75 Å². The molecule has 3 rings (SSSR count). The highest BCUT2D eigenvalue weighted by Crippen LogP contribution is 2.21. The summed E-state index contributed by atoms with van der Waals surface area (Å²) in [5.74, 6) is -0.0111. The molecular weight excluding hydrogens is 342 g/mol. The van der Waals surface area contributed by atoms with Gasteiger partial charge in [0, 0.05) is 19.5 Å². The molecule has 142 valence electrons. The maximum atomic E-state index is 12.0. The highest BCUT2D eigenvalue weighted by Gasteiger charge is 2.18. The Labute approximate surface area is 159 Å². The Bertz CT molecular complexity index is 754. The first kappa shape index (κ1) is 19.0. The van der Waals surface area contributed by atoms with E-state index in [1.807, 2.05) is 42.5 Å². The lowest BCUT2D eigenvalue weighted by Crippen LogP contribution is -2.38. The Morgan fingerprint density at radius 3 is 2.33 bits per heavy atom. The van der Waals surface area contributed by atoms with Gasteiger partial charge < -0.3 is 14.4 Å². The lowest BCUT2D eigenvalue weighted by atomic mass is 10.0. The van der Waals surface area contributed by atoms with E-state index in [0.29, 0.717) is 5.75 Å². The second-order valence-corrected chi connectivity index (χ2v) is 6.66. The van der Waals surface area contributed by atoms with Crippen molar-refractivity contribution in [3.05, 3.63) is 65.7 Å². The Balaban J connectivity index is 1.48. The quantitative estimate of drug-likeness (QED) is 0.705. The number of para-hydroxylation sites is 1. The molecule has 0 aliphatic carbocycles. The fourth-order valence-corrected chi connectivity index (χ4v) is 3.16. The SMILES string of the molecule is O=C(COc1ccccc1Cc1ccccc1)OCC(=O)N1CCCCC1. The number of hydrogen-bond donors (Lipinski definition) is 0. The Morgan fingerprint density at radius 2 is 1.56 bits per heavy atom. The number of piperidine rings is 1. The zero-order valence-electron chi connectivity index (χ0n) is 15.4. The van der Waals surface area contributed by atoms with Gasteiger partial charge in [0.2, 0.25) is 0 Å². The van der Waals surface area contributed by atoms with E-state index in [9.17, 15) is 9.59 Å². The van der Waals surface area contributed by atoms with Crippen LogP contribution in [0.2, 0.25) is 0 Å². The predicted molar refractivity (Wildman–Crippen MR) is 103 cm³/mol. The normalized spacial score (nSPS) is 13.9. The van der Waals surface area contributed by atoms with Crippen LogP contribution < -0.4 is 4.74 Å². The molecule has 27 heavy (non-hydrogen) atoms. The van der Waals surface area contributed by atoms with Crippen molar-refractivity contribution in [3.63, 3.8) is 0 Å². The molecule has 1 heterocycles. The molecule has 0 aromatic heterocycles. The van der Waals surface area contributed by atoms with Crippen LogP contribution in [-0.4, -0.2) is 43.1 Å². The van der Waals surface area contributed by atoms with Gasteiger partial charge in [-0.15, -0.1) is 0 Å². The van der Waals surface area contributed by atoms with Gasteiger partial charge in [-0.1, -0.05) is 48.5 Å². The Hall–Kier alpha value is -2.82. The number of benzene rings is 2. The molecule has 5 heteroatoms. The predicted octanol–water partition coefficient (Wildman–Crippen LogP) is 3.21. The third kappa shape index (κ3) is 5.84. The highest BCUT2D eigenvalue weighted by molar-refractivity contribution is 5.81. The van der Waals surface area contributed by atoms with E-state index in [0.717, 1.165) is 44.3 Å². The number of carbonyl (C=O) groups is 2. The number of ether oxygens (including phenoxy) is 2. The van der Waals surface area contributed by atoms with E-state index in [-0.39, 0.29) is 19.1 Å². The summed E-state index contributed by atoms with van der Waals surface area (Å²) in [7, 11) is 0. The van der Waals surface area contributed by atoms with Crippen molar-refractivity contribution in [1.82, 2.24) is 4.90 Å². The topological polar surface area (TPSA) is 55.8 Å². The molecule has 0 saturated carbocycles. The second-order valence-electron chi connectivity index (χ2n) is 6.66. The molecule has 1 aliphatic rings. The van der Waals surface area contributed by atoms with Gasteiger partial charge in [0.15, 0.2) is 13.2 Å². The summed E-state index contributed by atoms with van der Waals surface area (Å²) in [4.78, 5) is 25.8. The molecule has 1 aliphatic heterocycles. The van der Waals surface area contributed by atoms with Crippen LogP contribution in [0.1, 0.15) is 30.4 Å². The zero-order chi connectivity index (χ0) is 18.9. The van der Waals surface area contributed by atoms with Crippen LogP contribution in [0, 0.1) is 0 Å². The molecular formula is C22H25NO4. The smallest absolute Gasteiger partial charge is 0.344 e. The third-order valence-electron chi connectivity index (χ3n) is 4.62. The third-order valence-corrected chi connectivity index (χ3v) is 4.62. The van der Waals surface area contributed by atoms with Gasteiger partial charge in [-0.25, -0.2) is 4.79 Å². The van der Waals surface area contributed by atoms with Crippen molar-refractivity contribution in [3.8, 4) is 5.75 Å². The van der Waals surface area contributed by atoms with E-state index in [1.165, 1.54) is 5.56 Å². The van der Waals surface area contributed by atoms with Crippen LogP contribution in [-0.2, 0) is 20.7 Å². The molecule has 0 bridgehead atoms. The van der Waals surface area contributed by atoms with E-state index in [1.54, 1.807) is 4.90 Å². The summed E-state index contributed by atoms with van der Waals surface area (Å²) in [6.07, 6.45) is 3.90. The van der Waals surface area contributed by atoms with Crippen molar-refractivity contribution in [2.75, 3.05) is 26.3 Å². The van der Waals surface area contributed by atoms with Crippen LogP contribution >= 0.6 is 0 Å². The van der Waals surface area contributed by atoms with Gasteiger partial charge in [0.05, 0.1) is 0 Å². The van der Waals surface area contributed by atoms with Crippen molar-refractivity contribution >= 4 is 11.9 Å². The number of hydrogen-bond acceptors (Lipinski definition) is 4. The van der Waals surface area contributed by atoms with E-state index >= 15 is 0 Å². The van der Waals surface area contributed by atoms with Crippen molar-refractivity contribution in [2.24, 2.45) is 0 Å². The van der Waals surface area contributed by atoms with Crippen LogP contribution in [0.15, 0.2) is 54.6 Å². The van der Waals surface area contributed by atoms with E-state index < -0.39 is 5.97 Å². The lowest BCUT2D eigenvalue weighted by Gasteiger charge is -2.26. The lowest BCUT2D eigenvalue weighted by molar-refractivity contribution is -0.154. The average Bonchev–Trinajstić information content (AvgIpc) is 2.73. The molecule has 0 spiro atoms. The first-order valence-corrected chi connectivity index (χ1v) is 9.40. The monoisotopic (exact) mass is 367 g/mol. The van der Waals surface area contributed by atoms with Gasteiger partial charge in [-0.2, -0.15) is 0 Å². The molecule has 0 atom stereocenters. The maximum Gasteiger partial charge on any atom is 0.344 e. The van der Waals surface area contributed by atoms with E-state index in [4.69, 9.17) is 9.47 Å². The highest BCUT2D eigenvalue weighted by atomic mass is 16.6. The largest absolute Gasteiger partial charge is 0.482 e. The fraction of sp³-hybridized carbons (Fsp3) is 0.364. The number of amides is 1. The molecule has 0 radical (unpaired) electrons. The number of likely N-dealkylation sites (tertiary alicyclic amines) is 1. The van der Waals surface area contributed by atoms with Gasteiger partial charge in [-0.05, 0) is 36.5 Å². The van der Waals surface area contributed by atoms with Gasteiger partial charge >= 0.3 is 5.97 Å². The summed E-state index contributed by atoms with van der Waals surface area (Å²) in [5.41, 5.74) is 2.17. The summed E-state index contributed by atoms with van der Waals surface area (Å²) in [6.45, 7) is 1.08. The minimum absolute atomic E-state index is 0.132. The standard InChI is InChI=1S/C22H25NO4/c24-21(23-13-7-2-8-14-23)16-27-22(25)17-26-20-12-6-5-11-19(20)15-18-9-3-1-4-10-18/h1,3-6,9-12H,2,7-8,13-17H2. The van der Waals surface area contributed by atoms with Gasteiger partial charge in [0.25, 0.3) is 5.91 Å². The second kappa shape index (κ2) is 9.76. The Morgan fingerprint density at radius 1 is 0.852 bits per heavy atom. The molecule has 1 amide bonds. The van der Waals surface area contributed by atoms with E-state index in [2.05, 4.69) is 12.1 Å². The summed E-state index contributed by atoms with van der Waals surface area (Å²) in [5, 5.41) is 0. The zero-order valence-corrected chi connectivity index (χ0v) is 15.4. The minimum atomic E-state index is -0.533. The maximum absolute atomic E-state index is 12.0. The summed E-state index contributed by atoms with van der Waals surface area (Å²) < 4.78 is 10.7. The molecule has 0 unspecified atom stereocenters. The van der Waals surface area contributed by atoms with Crippen LogP contribution in [0.3, 0.4) is 0 Å². The molecule has 2 aromatic carbocycles. The first-order valence-electron chi connectivity index (χ1n) is 9.40. The molecule has 1 fully saturated rings. The van der Waals surface area contributed by atoms with Crippen LogP contribution in [0.25, 0.3) is 0 Å². The number of nitrogens with zero attached hydrogens (tertiary/aromatic N) is 1. The molecule has 5 nitrogen and oxygen atoms in total. The van der Waals surface area contributed by atoms with Crippen molar-refractivity contribution < 1.29 is 19.1 Å². The van der Waals surface area contributed by atoms with Gasteiger partial charge in [-0.3, -0.25) is 4.79 Å². The summed E-state index contributed by atoms with van der Waals surface area (Å²) in [6, 6.07) is 17.7.